The van der Waals surface area contributed by atoms with E-state index in [-0.39, 0.29) is 17.7 Å². The third-order valence-corrected chi connectivity index (χ3v) is 5.47. The topological polar surface area (TPSA) is 89.3 Å². The average molecular weight is 296 g/mol. The summed E-state index contributed by atoms with van der Waals surface area (Å²) < 4.78 is 24.1. The van der Waals surface area contributed by atoms with Crippen molar-refractivity contribution in [2.75, 3.05) is 5.75 Å². The number of hydrogen-bond donors (Lipinski definition) is 2. The fourth-order valence-corrected chi connectivity index (χ4v) is 4.20. The van der Waals surface area contributed by atoms with E-state index < -0.39 is 21.8 Å². The van der Waals surface area contributed by atoms with Gasteiger partial charge in [-0.2, -0.15) is 0 Å². The summed E-state index contributed by atoms with van der Waals surface area (Å²) in [4.78, 5) is 11.9. The van der Waals surface area contributed by atoms with Crippen molar-refractivity contribution in [3.05, 3.63) is 29.8 Å². The van der Waals surface area contributed by atoms with Gasteiger partial charge in [-0.1, -0.05) is 32.0 Å². The number of carbonyl (C=O) groups excluding carboxylic acids is 1. The van der Waals surface area contributed by atoms with Crippen molar-refractivity contribution in [2.24, 2.45) is 11.7 Å². The number of primary amides is 1. The van der Waals surface area contributed by atoms with Crippen LogP contribution in [-0.2, 0) is 14.6 Å². The molecule has 0 bridgehead atoms. The predicted molar refractivity (Wildman–Crippen MR) is 76.8 cm³/mol. The number of nitrogens with two attached hydrogens (primary N) is 1. The van der Waals surface area contributed by atoms with Crippen molar-refractivity contribution >= 4 is 15.7 Å². The normalized spacial score (nSPS) is 22.2. The molecule has 2 rings (SSSR count). The second-order valence-corrected chi connectivity index (χ2v) is 7.57. The molecule has 0 aromatic heterocycles. The Morgan fingerprint density at radius 2 is 2.00 bits per heavy atom. The summed E-state index contributed by atoms with van der Waals surface area (Å²) in [5.41, 5.74) is 6.14. The highest BCUT2D eigenvalue weighted by molar-refractivity contribution is 7.91. The van der Waals surface area contributed by atoms with Gasteiger partial charge in [-0.15, -0.1) is 0 Å². The summed E-state index contributed by atoms with van der Waals surface area (Å²) in [6.45, 7) is 3.82. The molecule has 1 aliphatic rings. The highest BCUT2D eigenvalue weighted by Crippen LogP contribution is 2.32. The number of rotatable bonds is 4. The van der Waals surface area contributed by atoms with E-state index in [9.17, 15) is 13.2 Å². The Morgan fingerprint density at radius 1 is 1.35 bits per heavy atom. The van der Waals surface area contributed by atoms with E-state index in [0.717, 1.165) is 5.56 Å². The molecule has 1 aromatic rings. The minimum Gasteiger partial charge on any atom is -0.368 e. The van der Waals surface area contributed by atoms with Crippen molar-refractivity contribution < 1.29 is 13.2 Å². The second-order valence-electron chi connectivity index (χ2n) is 5.49. The lowest BCUT2D eigenvalue weighted by atomic mass is 9.98. The fourth-order valence-electron chi connectivity index (χ4n) is 2.58. The lowest BCUT2D eigenvalue weighted by Gasteiger charge is -2.30. The van der Waals surface area contributed by atoms with Gasteiger partial charge in [0.1, 0.15) is 0 Å². The Hall–Kier alpha value is -1.40. The molecule has 0 radical (unpaired) electrons. The molecular weight excluding hydrogens is 276 g/mol. The van der Waals surface area contributed by atoms with Crippen molar-refractivity contribution in [3.8, 4) is 0 Å². The van der Waals surface area contributed by atoms with Gasteiger partial charge >= 0.3 is 0 Å². The van der Waals surface area contributed by atoms with Crippen LogP contribution in [-0.4, -0.2) is 26.1 Å². The molecule has 110 valence electrons. The Balaban J connectivity index is 2.34. The number of sulfone groups is 1. The Kier molecular flexibility index (Phi) is 4.15. The number of nitrogens with one attached hydrogen (secondary N) is 1. The summed E-state index contributed by atoms with van der Waals surface area (Å²) in [5.74, 6) is -0.269. The van der Waals surface area contributed by atoms with Crippen LogP contribution in [0.15, 0.2) is 29.2 Å². The SMILES string of the molecule is CC(C)C(NC1CCS(=O)(=O)c2ccccc21)C(N)=O. The molecule has 0 spiro atoms. The molecule has 1 amide bonds. The number of fused-ring (bicyclic) bond motifs is 1. The van der Waals surface area contributed by atoms with Gasteiger partial charge in [0.2, 0.25) is 5.91 Å². The quantitative estimate of drug-likeness (QED) is 0.867. The summed E-state index contributed by atoms with van der Waals surface area (Å²) in [6.07, 6.45) is 0.454. The van der Waals surface area contributed by atoms with Gasteiger partial charge in [-0.25, -0.2) is 8.42 Å². The molecule has 3 N–H and O–H groups in total. The van der Waals surface area contributed by atoms with Crippen LogP contribution in [0.25, 0.3) is 0 Å². The largest absolute Gasteiger partial charge is 0.368 e. The summed E-state index contributed by atoms with van der Waals surface area (Å²) >= 11 is 0. The van der Waals surface area contributed by atoms with Gasteiger partial charge in [0, 0.05) is 6.04 Å². The summed E-state index contributed by atoms with van der Waals surface area (Å²) in [7, 11) is -3.21. The molecule has 0 saturated carbocycles. The highest BCUT2D eigenvalue weighted by atomic mass is 32.2. The zero-order valence-electron chi connectivity index (χ0n) is 11.7. The number of benzene rings is 1. The van der Waals surface area contributed by atoms with Crippen LogP contribution in [0.3, 0.4) is 0 Å². The first-order valence-corrected chi connectivity index (χ1v) is 8.35. The molecule has 2 unspecified atom stereocenters. The zero-order valence-corrected chi connectivity index (χ0v) is 12.5. The van der Waals surface area contributed by atoms with Crippen LogP contribution in [0.1, 0.15) is 31.9 Å². The first-order valence-electron chi connectivity index (χ1n) is 6.70. The second kappa shape index (κ2) is 5.54. The van der Waals surface area contributed by atoms with E-state index in [1.54, 1.807) is 18.2 Å². The third-order valence-electron chi connectivity index (χ3n) is 3.66. The van der Waals surface area contributed by atoms with E-state index in [0.29, 0.717) is 11.3 Å². The van der Waals surface area contributed by atoms with Crippen molar-refractivity contribution in [1.29, 1.82) is 0 Å². The van der Waals surface area contributed by atoms with E-state index in [1.165, 1.54) is 0 Å². The predicted octanol–water partition coefficient (Wildman–Crippen LogP) is 1.00. The third kappa shape index (κ3) is 2.86. The van der Waals surface area contributed by atoms with E-state index in [1.807, 2.05) is 19.9 Å². The molecule has 20 heavy (non-hydrogen) atoms. The van der Waals surface area contributed by atoms with E-state index >= 15 is 0 Å². The molecule has 0 fully saturated rings. The minimum absolute atomic E-state index is 0.0539. The van der Waals surface area contributed by atoms with Gasteiger partial charge in [-0.3, -0.25) is 10.1 Å². The first kappa shape index (κ1) is 15.0. The maximum Gasteiger partial charge on any atom is 0.234 e. The highest BCUT2D eigenvalue weighted by Gasteiger charge is 2.32. The van der Waals surface area contributed by atoms with Crippen LogP contribution >= 0.6 is 0 Å². The summed E-state index contributed by atoms with van der Waals surface area (Å²) in [6, 6.07) is 6.31. The number of hydrogen-bond acceptors (Lipinski definition) is 4. The van der Waals surface area contributed by atoms with Crippen LogP contribution in [0, 0.1) is 5.92 Å². The molecule has 1 aromatic carbocycles. The Morgan fingerprint density at radius 3 is 2.60 bits per heavy atom. The maximum absolute atomic E-state index is 12.1. The molecule has 1 heterocycles. The van der Waals surface area contributed by atoms with Crippen LogP contribution < -0.4 is 11.1 Å². The minimum atomic E-state index is -3.21. The van der Waals surface area contributed by atoms with Gasteiger partial charge < -0.3 is 5.73 Å². The maximum atomic E-state index is 12.1. The smallest absolute Gasteiger partial charge is 0.234 e. The van der Waals surface area contributed by atoms with Crippen molar-refractivity contribution in [2.45, 2.75) is 37.2 Å². The summed E-state index contributed by atoms with van der Waals surface area (Å²) in [5, 5.41) is 3.21. The first-order chi connectivity index (χ1) is 9.33. The lowest BCUT2D eigenvalue weighted by Crippen LogP contribution is -2.47. The van der Waals surface area contributed by atoms with Crippen LogP contribution in [0.4, 0.5) is 0 Å². The zero-order chi connectivity index (χ0) is 14.9. The monoisotopic (exact) mass is 296 g/mol. The van der Waals surface area contributed by atoms with E-state index in [4.69, 9.17) is 5.73 Å². The molecule has 2 atom stereocenters. The number of amides is 1. The number of carbonyl (C=O) groups is 1. The Labute approximate surface area is 119 Å². The molecule has 1 aliphatic heterocycles. The van der Waals surface area contributed by atoms with Gasteiger partial charge in [0.05, 0.1) is 16.7 Å². The van der Waals surface area contributed by atoms with Crippen molar-refractivity contribution in [1.82, 2.24) is 5.32 Å². The molecular formula is C14H20N2O3S. The Bertz CT molecular complexity index is 611. The molecule has 0 saturated heterocycles. The van der Waals surface area contributed by atoms with Gasteiger partial charge in [0.15, 0.2) is 9.84 Å². The van der Waals surface area contributed by atoms with Gasteiger partial charge in [-0.05, 0) is 24.0 Å². The fraction of sp³-hybridized carbons (Fsp3) is 0.500. The van der Waals surface area contributed by atoms with Crippen molar-refractivity contribution in [3.63, 3.8) is 0 Å². The van der Waals surface area contributed by atoms with Crippen LogP contribution in [0.5, 0.6) is 0 Å². The van der Waals surface area contributed by atoms with Gasteiger partial charge in [0.25, 0.3) is 0 Å². The molecule has 6 heteroatoms. The van der Waals surface area contributed by atoms with E-state index in [2.05, 4.69) is 5.32 Å². The average Bonchev–Trinajstić information content (AvgIpc) is 2.37. The van der Waals surface area contributed by atoms with Crippen LogP contribution in [0.2, 0.25) is 0 Å². The standard InChI is InChI=1S/C14H20N2O3S/c1-9(2)13(14(15)17)16-11-7-8-20(18,19)12-6-4-3-5-10(11)12/h3-6,9,11,13,16H,7-8H2,1-2H3,(H2,15,17). The lowest BCUT2D eigenvalue weighted by molar-refractivity contribution is -0.121. The molecule has 0 aliphatic carbocycles. The molecule has 5 nitrogen and oxygen atoms in total.